The molecule has 5 aliphatic heterocycles. The van der Waals surface area contributed by atoms with Gasteiger partial charge in [-0.05, 0) is 147 Å². The van der Waals surface area contributed by atoms with Crippen molar-refractivity contribution in [2.75, 3.05) is 14.7 Å². The summed E-state index contributed by atoms with van der Waals surface area (Å²) in [6, 6.07) is 53.6. The van der Waals surface area contributed by atoms with Gasteiger partial charge in [0.2, 0.25) is 0 Å². The van der Waals surface area contributed by atoms with Crippen LogP contribution in [-0.4, -0.2) is 17.8 Å². The van der Waals surface area contributed by atoms with Gasteiger partial charge in [0.25, 0.3) is 6.71 Å². The van der Waals surface area contributed by atoms with Crippen molar-refractivity contribution in [1.29, 1.82) is 0 Å². The van der Waals surface area contributed by atoms with Gasteiger partial charge in [0.05, 0.1) is 33.6 Å². The van der Waals surface area contributed by atoms with Crippen molar-refractivity contribution in [3.63, 3.8) is 0 Å². The van der Waals surface area contributed by atoms with Crippen molar-refractivity contribution in [2.45, 2.75) is 159 Å². The van der Waals surface area contributed by atoms with Crippen LogP contribution in [0.4, 0.5) is 39.8 Å². The molecule has 0 radical (unpaired) electrons. The van der Waals surface area contributed by atoms with E-state index in [1.54, 1.807) is 11.1 Å². The maximum atomic E-state index is 2.98. The molecular weight excluding hydrogens is 858 g/mol. The molecule has 2 saturated carbocycles. The zero-order valence-corrected chi connectivity index (χ0v) is 43.8. The van der Waals surface area contributed by atoms with Gasteiger partial charge in [0.1, 0.15) is 0 Å². The number of anilines is 7. The van der Waals surface area contributed by atoms with Crippen LogP contribution in [0.1, 0.15) is 165 Å². The second-order valence-electron chi connectivity index (χ2n) is 26.3. The normalized spacial score (nSPS) is 26.2. The Morgan fingerprint density at radius 2 is 0.817 bits per heavy atom. The first-order chi connectivity index (χ1) is 34.0. The maximum absolute atomic E-state index is 2.98. The highest BCUT2D eigenvalue weighted by atomic mass is 15.3. The van der Waals surface area contributed by atoms with Crippen LogP contribution < -0.4 is 31.1 Å². The van der Waals surface area contributed by atoms with E-state index in [9.17, 15) is 0 Å². The van der Waals surface area contributed by atoms with Gasteiger partial charge in [-0.25, -0.2) is 0 Å². The van der Waals surface area contributed by atoms with Gasteiger partial charge in [-0.2, -0.15) is 0 Å². The molecule has 8 aliphatic rings. The molecule has 0 amide bonds. The summed E-state index contributed by atoms with van der Waals surface area (Å²) in [7, 11) is 0. The number of benzene rings is 7. The van der Waals surface area contributed by atoms with E-state index < -0.39 is 5.41 Å². The molecule has 0 saturated heterocycles. The van der Waals surface area contributed by atoms with Crippen molar-refractivity contribution < 1.29 is 0 Å². The van der Waals surface area contributed by atoms with Crippen LogP contribution in [0.2, 0.25) is 0 Å². The Morgan fingerprint density at radius 3 is 1.25 bits per heavy atom. The van der Waals surface area contributed by atoms with Crippen LogP contribution in [0.3, 0.4) is 0 Å². The molecule has 5 heterocycles. The highest BCUT2D eigenvalue weighted by Gasteiger charge is 2.65. The lowest BCUT2D eigenvalue weighted by molar-refractivity contribution is 0.194. The van der Waals surface area contributed by atoms with E-state index in [2.05, 4.69) is 217 Å². The second kappa shape index (κ2) is 13.3. The lowest BCUT2D eigenvalue weighted by atomic mass is 9.33. The Kier molecular flexibility index (Phi) is 8.02. The van der Waals surface area contributed by atoms with E-state index in [1.165, 1.54) is 152 Å². The van der Waals surface area contributed by atoms with E-state index in [1.807, 2.05) is 0 Å². The summed E-state index contributed by atoms with van der Waals surface area (Å²) in [5.41, 5.74) is 28.0. The molecule has 3 aliphatic carbocycles. The van der Waals surface area contributed by atoms with Crippen molar-refractivity contribution in [3.05, 3.63) is 178 Å². The van der Waals surface area contributed by atoms with Crippen molar-refractivity contribution in [3.8, 4) is 11.1 Å². The Balaban J connectivity index is 1.08. The highest BCUT2D eigenvalue weighted by molar-refractivity contribution is 7.00. The summed E-state index contributed by atoms with van der Waals surface area (Å²) >= 11 is 0. The fraction of sp³-hybridized carbons (Fsp3) is 0.373. The first-order valence-electron chi connectivity index (χ1n) is 27.3. The first kappa shape index (κ1) is 42.7. The molecule has 3 nitrogen and oxygen atoms in total. The summed E-state index contributed by atoms with van der Waals surface area (Å²) in [5, 5.41) is 0. The second-order valence-corrected chi connectivity index (χ2v) is 26.3. The molecule has 0 aromatic heterocycles. The third-order valence-corrected chi connectivity index (χ3v) is 21.0. The summed E-state index contributed by atoms with van der Waals surface area (Å²) in [5.74, 6) is 0. The fourth-order valence-corrected chi connectivity index (χ4v) is 17.0. The summed E-state index contributed by atoms with van der Waals surface area (Å²) in [4.78, 5) is 8.65. The quantitative estimate of drug-likeness (QED) is 0.152. The monoisotopic (exact) mass is 926 g/mol. The molecule has 4 atom stereocenters. The number of rotatable bonds is 1. The zero-order valence-electron chi connectivity index (χ0n) is 43.8. The van der Waals surface area contributed by atoms with Gasteiger partial charge in [-0.1, -0.05) is 190 Å². The smallest absolute Gasteiger partial charge is 0.252 e. The topological polar surface area (TPSA) is 9.72 Å². The molecule has 15 rings (SSSR count). The van der Waals surface area contributed by atoms with E-state index in [-0.39, 0.29) is 39.5 Å². The van der Waals surface area contributed by atoms with Crippen molar-refractivity contribution >= 4 is 62.9 Å². The molecular formula is C67H68BN3. The molecule has 7 aromatic rings. The molecule has 71 heavy (non-hydrogen) atoms. The number of hydrogen-bond acceptors (Lipinski definition) is 3. The molecule has 0 bridgehead atoms. The number of para-hydroxylation sites is 2. The Bertz CT molecular complexity index is 3310. The molecule has 354 valence electrons. The molecule has 2 fully saturated rings. The van der Waals surface area contributed by atoms with Crippen LogP contribution in [0, 0.1) is 0 Å². The standard InChI is InChI=1S/C67H68BN3/c1-61(2,3)41-35-50-59-52(37-41)68-53-38-42(62(4,5)6)36-51-60(53)71(66(10)34-22-20-32-64(51,66)8)57-40-43(39-56(58(57)68)70(59)65(9)33-21-19-31-63(50,65)7)69-54-29-17-15-27-48(54)67(49-28-16-18-30-55(49)69)46-25-13-11-23-44(46)45-24-12-14-26-47(45)67/h11-18,23-30,35-40H,19-22,31-34H2,1-10H3. The minimum atomic E-state index is -0.458. The molecule has 4 unspecified atom stereocenters. The van der Waals surface area contributed by atoms with Gasteiger partial charge in [-0.3, -0.25) is 0 Å². The van der Waals surface area contributed by atoms with Gasteiger partial charge >= 0.3 is 0 Å². The largest absolute Gasteiger partial charge is 0.335 e. The summed E-state index contributed by atoms with van der Waals surface area (Å²) < 4.78 is 0. The molecule has 4 heteroatoms. The number of fused-ring (bicyclic) bond motifs is 19. The van der Waals surface area contributed by atoms with Gasteiger partial charge in [-0.15, -0.1) is 0 Å². The van der Waals surface area contributed by atoms with E-state index >= 15 is 0 Å². The van der Waals surface area contributed by atoms with E-state index in [4.69, 9.17) is 0 Å². The minimum Gasteiger partial charge on any atom is -0.335 e. The number of nitrogens with zero attached hydrogens (tertiary/aromatic N) is 3. The third-order valence-electron chi connectivity index (χ3n) is 21.0. The molecule has 7 aromatic carbocycles. The van der Waals surface area contributed by atoms with E-state index in [0.717, 1.165) is 0 Å². The Labute approximate surface area is 423 Å². The van der Waals surface area contributed by atoms with Crippen LogP contribution >= 0.6 is 0 Å². The Morgan fingerprint density at radius 1 is 0.423 bits per heavy atom. The molecule has 1 spiro atoms. The third kappa shape index (κ3) is 4.82. The first-order valence-corrected chi connectivity index (χ1v) is 27.3. The van der Waals surface area contributed by atoms with Gasteiger partial charge in [0.15, 0.2) is 0 Å². The van der Waals surface area contributed by atoms with Gasteiger partial charge in [0, 0.05) is 33.6 Å². The lowest BCUT2D eigenvalue weighted by Crippen LogP contribution is -2.66. The highest BCUT2D eigenvalue weighted by Crippen LogP contribution is 2.68. The number of hydrogen-bond donors (Lipinski definition) is 0. The summed E-state index contributed by atoms with van der Waals surface area (Å²) in [6.07, 6.45) is 9.84. The predicted octanol–water partition coefficient (Wildman–Crippen LogP) is 15.1. The van der Waals surface area contributed by atoms with Crippen LogP contribution in [-0.2, 0) is 27.1 Å². The Hall–Kier alpha value is -6.00. The SMILES string of the molecule is CC(C)(C)c1cc2c3c(c1)C1(C)CCCCC1(C)N3c1cc(N3c4ccccc4C4(c5ccccc5-c5ccccc54)c4ccccc43)cc3c1B2c1cc(C(C)(C)C)cc2c1N3C1(C)CCCCC21C. The van der Waals surface area contributed by atoms with Crippen molar-refractivity contribution in [1.82, 2.24) is 0 Å². The van der Waals surface area contributed by atoms with Crippen LogP contribution in [0.25, 0.3) is 11.1 Å². The average molecular weight is 926 g/mol. The zero-order chi connectivity index (χ0) is 48.6. The van der Waals surface area contributed by atoms with Crippen LogP contribution in [0.5, 0.6) is 0 Å². The maximum Gasteiger partial charge on any atom is 0.252 e. The predicted molar refractivity (Wildman–Crippen MR) is 300 cm³/mol. The average Bonchev–Trinajstić information content (AvgIpc) is 3.86. The molecule has 0 N–H and O–H groups in total. The fourth-order valence-electron chi connectivity index (χ4n) is 17.0. The van der Waals surface area contributed by atoms with E-state index in [0.29, 0.717) is 0 Å². The van der Waals surface area contributed by atoms with Gasteiger partial charge < -0.3 is 14.7 Å². The summed E-state index contributed by atoms with van der Waals surface area (Å²) in [6.45, 7) is 25.4. The van der Waals surface area contributed by atoms with Crippen molar-refractivity contribution in [2.24, 2.45) is 0 Å². The lowest BCUT2D eigenvalue weighted by Gasteiger charge is -2.55. The van der Waals surface area contributed by atoms with Crippen LogP contribution in [0.15, 0.2) is 133 Å². The minimum absolute atomic E-state index is 0.00113.